The minimum atomic E-state index is -0.523. The van der Waals surface area contributed by atoms with Crippen LogP contribution in [0.25, 0.3) is 0 Å². The lowest BCUT2D eigenvalue weighted by atomic mass is 10.2. The van der Waals surface area contributed by atoms with E-state index in [0.29, 0.717) is 16.5 Å². The van der Waals surface area contributed by atoms with Crippen LogP contribution in [0.4, 0.5) is 0 Å². The lowest BCUT2D eigenvalue weighted by molar-refractivity contribution is -0.157. The Morgan fingerprint density at radius 2 is 1.94 bits per heavy atom. The standard InChI is InChI=1S/C13H17ClO4/c1-13(2,3)18-12(15)8-17-10-6-5-9(14)7-11(10)16-4/h5-7H,8H2,1-4H3. The monoisotopic (exact) mass is 272 g/mol. The van der Waals surface area contributed by atoms with E-state index in [1.807, 2.05) is 0 Å². The predicted octanol–water partition coefficient (Wildman–Crippen LogP) is 3.07. The Kier molecular flexibility index (Phi) is 4.84. The van der Waals surface area contributed by atoms with Crippen LogP contribution in [-0.4, -0.2) is 25.3 Å². The third-order valence-corrected chi connectivity index (χ3v) is 2.13. The van der Waals surface area contributed by atoms with E-state index in [-0.39, 0.29) is 6.61 Å². The number of hydrogen-bond acceptors (Lipinski definition) is 4. The van der Waals surface area contributed by atoms with Crippen LogP contribution >= 0.6 is 11.6 Å². The largest absolute Gasteiger partial charge is 0.493 e. The summed E-state index contributed by atoms with van der Waals surface area (Å²) in [5.74, 6) is 0.498. The highest BCUT2D eigenvalue weighted by Crippen LogP contribution is 2.29. The summed E-state index contributed by atoms with van der Waals surface area (Å²) >= 11 is 5.82. The van der Waals surface area contributed by atoms with Crippen molar-refractivity contribution in [2.24, 2.45) is 0 Å². The van der Waals surface area contributed by atoms with Gasteiger partial charge in [0.15, 0.2) is 18.1 Å². The summed E-state index contributed by atoms with van der Waals surface area (Å²) in [7, 11) is 1.51. The van der Waals surface area contributed by atoms with Crippen molar-refractivity contribution >= 4 is 17.6 Å². The third-order valence-electron chi connectivity index (χ3n) is 1.89. The van der Waals surface area contributed by atoms with Gasteiger partial charge < -0.3 is 14.2 Å². The van der Waals surface area contributed by atoms with E-state index in [2.05, 4.69) is 0 Å². The van der Waals surface area contributed by atoms with Gasteiger partial charge in [-0.25, -0.2) is 4.79 Å². The number of benzene rings is 1. The molecule has 0 unspecified atom stereocenters. The zero-order chi connectivity index (χ0) is 13.8. The molecule has 0 saturated carbocycles. The van der Waals surface area contributed by atoms with Crippen LogP contribution in [0.3, 0.4) is 0 Å². The summed E-state index contributed by atoms with van der Waals surface area (Å²) in [6.07, 6.45) is 0. The highest BCUT2D eigenvalue weighted by Gasteiger charge is 2.17. The van der Waals surface area contributed by atoms with Crippen LogP contribution in [0.5, 0.6) is 11.5 Å². The molecule has 0 amide bonds. The lowest BCUT2D eigenvalue weighted by Gasteiger charge is -2.19. The molecule has 1 aromatic rings. The number of halogens is 1. The fourth-order valence-corrected chi connectivity index (χ4v) is 1.43. The quantitative estimate of drug-likeness (QED) is 0.790. The summed E-state index contributed by atoms with van der Waals surface area (Å²) < 4.78 is 15.6. The van der Waals surface area contributed by atoms with Gasteiger partial charge in [0.2, 0.25) is 0 Å². The van der Waals surface area contributed by atoms with E-state index < -0.39 is 11.6 Å². The summed E-state index contributed by atoms with van der Waals surface area (Å²) in [6, 6.07) is 4.92. The first-order valence-corrected chi connectivity index (χ1v) is 5.88. The van der Waals surface area contributed by atoms with Crippen molar-refractivity contribution in [2.45, 2.75) is 26.4 Å². The molecule has 0 atom stereocenters. The lowest BCUT2D eigenvalue weighted by Crippen LogP contribution is -2.27. The molecule has 0 spiro atoms. The average Bonchev–Trinajstić information content (AvgIpc) is 2.24. The zero-order valence-corrected chi connectivity index (χ0v) is 11.7. The molecule has 0 aliphatic rings. The van der Waals surface area contributed by atoms with Gasteiger partial charge in [-0.3, -0.25) is 0 Å². The average molecular weight is 273 g/mol. The first-order valence-electron chi connectivity index (χ1n) is 5.50. The molecule has 0 fully saturated rings. The van der Waals surface area contributed by atoms with E-state index in [4.69, 9.17) is 25.8 Å². The Hall–Kier alpha value is -1.42. The van der Waals surface area contributed by atoms with Crippen molar-refractivity contribution in [3.8, 4) is 11.5 Å². The molecule has 5 heteroatoms. The Morgan fingerprint density at radius 1 is 1.28 bits per heavy atom. The molecule has 100 valence electrons. The molecule has 0 aromatic heterocycles. The minimum Gasteiger partial charge on any atom is -0.493 e. The van der Waals surface area contributed by atoms with Crippen LogP contribution < -0.4 is 9.47 Å². The Bertz CT molecular complexity index is 423. The number of hydrogen-bond donors (Lipinski definition) is 0. The van der Waals surface area contributed by atoms with Gasteiger partial charge in [-0.1, -0.05) is 11.6 Å². The number of methoxy groups -OCH3 is 1. The maximum Gasteiger partial charge on any atom is 0.344 e. The van der Waals surface area contributed by atoms with Crippen molar-refractivity contribution in [2.75, 3.05) is 13.7 Å². The molecule has 18 heavy (non-hydrogen) atoms. The molecule has 0 aliphatic carbocycles. The minimum absolute atomic E-state index is 0.171. The van der Waals surface area contributed by atoms with Gasteiger partial charge in [0.05, 0.1) is 7.11 Å². The van der Waals surface area contributed by atoms with Gasteiger partial charge in [-0.15, -0.1) is 0 Å². The number of carbonyl (C=O) groups is 1. The molecule has 0 bridgehead atoms. The van der Waals surface area contributed by atoms with E-state index in [1.54, 1.807) is 39.0 Å². The summed E-state index contributed by atoms with van der Waals surface area (Å²) in [5, 5.41) is 0.538. The van der Waals surface area contributed by atoms with Crippen molar-refractivity contribution in [1.29, 1.82) is 0 Å². The van der Waals surface area contributed by atoms with Gasteiger partial charge >= 0.3 is 5.97 Å². The Morgan fingerprint density at radius 3 is 2.50 bits per heavy atom. The normalized spacial score (nSPS) is 10.9. The molecule has 0 saturated heterocycles. The zero-order valence-electron chi connectivity index (χ0n) is 11.0. The summed E-state index contributed by atoms with van der Waals surface area (Å²) in [4.78, 5) is 11.5. The van der Waals surface area contributed by atoms with Crippen LogP contribution in [0.2, 0.25) is 5.02 Å². The van der Waals surface area contributed by atoms with Crippen LogP contribution in [-0.2, 0) is 9.53 Å². The highest BCUT2D eigenvalue weighted by atomic mass is 35.5. The van der Waals surface area contributed by atoms with Crippen molar-refractivity contribution in [1.82, 2.24) is 0 Å². The SMILES string of the molecule is COc1cc(Cl)ccc1OCC(=O)OC(C)(C)C. The van der Waals surface area contributed by atoms with Crippen molar-refractivity contribution < 1.29 is 19.0 Å². The van der Waals surface area contributed by atoms with E-state index in [9.17, 15) is 4.79 Å². The topological polar surface area (TPSA) is 44.8 Å². The number of esters is 1. The van der Waals surface area contributed by atoms with Gasteiger partial charge in [0.1, 0.15) is 5.60 Å². The summed E-state index contributed by atoms with van der Waals surface area (Å²) in [6.45, 7) is 5.23. The highest BCUT2D eigenvalue weighted by molar-refractivity contribution is 6.30. The smallest absolute Gasteiger partial charge is 0.344 e. The first kappa shape index (κ1) is 14.6. The van der Waals surface area contributed by atoms with Crippen LogP contribution in [0.15, 0.2) is 18.2 Å². The second-order valence-corrected chi connectivity index (χ2v) is 5.11. The van der Waals surface area contributed by atoms with E-state index in [1.165, 1.54) is 7.11 Å². The molecular formula is C13H17ClO4. The molecule has 0 heterocycles. The van der Waals surface area contributed by atoms with Gasteiger partial charge in [-0.05, 0) is 32.9 Å². The number of rotatable bonds is 4. The molecule has 0 radical (unpaired) electrons. The molecule has 0 N–H and O–H groups in total. The van der Waals surface area contributed by atoms with Crippen molar-refractivity contribution in [3.63, 3.8) is 0 Å². The molecule has 1 rings (SSSR count). The fraction of sp³-hybridized carbons (Fsp3) is 0.462. The van der Waals surface area contributed by atoms with Gasteiger partial charge in [0.25, 0.3) is 0 Å². The van der Waals surface area contributed by atoms with Crippen LogP contribution in [0.1, 0.15) is 20.8 Å². The molecule has 4 nitrogen and oxygen atoms in total. The second kappa shape index (κ2) is 5.96. The first-order chi connectivity index (χ1) is 8.31. The Labute approximate surface area is 112 Å². The molecule has 0 aliphatic heterocycles. The van der Waals surface area contributed by atoms with E-state index >= 15 is 0 Å². The third kappa shape index (κ3) is 4.84. The van der Waals surface area contributed by atoms with Gasteiger partial charge in [-0.2, -0.15) is 0 Å². The predicted molar refractivity (Wildman–Crippen MR) is 69.3 cm³/mol. The number of ether oxygens (including phenoxy) is 3. The van der Waals surface area contributed by atoms with Gasteiger partial charge in [0, 0.05) is 11.1 Å². The van der Waals surface area contributed by atoms with Crippen molar-refractivity contribution in [3.05, 3.63) is 23.2 Å². The maximum absolute atomic E-state index is 11.5. The van der Waals surface area contributed by atoms with E-state index in [0.717, 1.165) is 0 Å². The second-order valence-electron chi connectivity index (χ2n) is 4.67. The fourth-order valence-electron chi connectivity index (χ4n) is 1.27. The summed E-state index contributed by atoms with van der Waals surface area (Å²) in [5.41, 5.74) is -0.523. The molecular weight excluding hydrogens is 256 g/mol. The molecule has 1 aromatic carbocycles. The Balaban J connectivity index is 2.61. The number of carbonyl (C=O) groups excluding carboxylic acids is 1. The van der Waals surface area contributed by atoms with Crippen LogP contribution in [0, 0.1) is 0 Å². The maximum atomic E-state index is 11.5.